The van der Waals surface area contributed by atoms with Gasteiger partial charge in [-0.1, -0.05) is 12.1 Å². The molecule has 1 saturated heterocycles. The molecular weight excluding hydrogens is 381 g/mol. The Balaban J connectivity index is 1.48. The van der Waals surface area contributed by atoms with Crippen molar-refractivity contribution in [1.29, 1.82) is 0 Å². The van der Waals surface area contributed by atoms with Crippen LogP contribution in [0.2, 0.25) is 0 Å². The number of hydrogen-bond acceptors (Lipinski definition) is 4. The van der Waals surface area contributed by atoms with Crippen molar-refractivity contribution in [2.24, 2.45) is 13.0 Å². The van der Waals surface area contributed by atoms with Crippen molar-refractivity contribution in [2.45, 2.75) is 25.7 Å². The Kier molecular flexibility index (Phi) is 6.56. The van der Waals surface area contributed by atoms with E-state index in [-0.39, 0.29) is 30.0 Å². The van der Waals surface area contributed by atoms with Crippen LogP contribution in [-0.2, 0) is 29.5 Å². The van der Waals surface area contributed by atoms with Crippen LogP contribution in [0.3, 0.4) is 0 Å². The number of H-pyrrole nitrogens is 1. The van der Waals surface area contributed by atoms with Crippen molar-refractivity contribution in [1.82, 2.24) is 25.0 Å². The number of rotatable bonds is 6. The van der Waals surface area contributed by atoms with Crippen LogP contribution < -0.4 is 5.32 Å². The molecule has 1 aromatic heterocycles. The van der Waals surface area contributed by atoms with E-state index in [9.17, 15) is 14.0 Å². The summed E-state index contributed by atoms with van der Waals surface area (Å²) in [4.78, 5) is 26.8. The molecule has 0 bridgehead atoms. The third kappa shape index (κ3) is 5.03. The van der Waals surface area contributed by atoms with E-state index >= 15 is 0 Å². The first-order chi connectivity index (χ1) is 13.4. The number of carbonyl (C=O) groups is 2. The Bertz CT molecular complexity index is 892. The SMILES string of the molecule is Cn1c(CCNC(=O)C2CCCN(C(=O)Cc3ccc(F)cc3)C2)n[nH]c1=S. The number of nitrogens with one attached hydrogen (secondary N) is 2. The summed E-state index contributed by atoms with van der Waals surface area (Å²) in [6, 6.07) is 5.93. The molecule has 3 rings (SSSR count). The zero-order valence-corrected chi connectivity index (χ0v) is 16.6. The molecule has 1 aliphatic rings. The Morgan fingerprint density at radius 3 is 2.79 bits per heavy atom. The fourth-order valence-corrected chi connectivity index (χ4v) is 3.50. The summed E-state index contributed by atoms with van der Waals surface area (Å²) in [7, 11) is 1.83. The Labute approximate surface area is 167 Å². The largest absolute Gasteiger partial charge is 0.355 e. The molecule has 7 nitrogen and oxygen atoms in total. The van der Waals surface area contributed by atoms with E-state index < -0.39 is 0 Å². The molecule has 28 heavy (non-hydrogen) atoms. The summed E-state index contributed by atoms with van der Waals surface area (Å²) in [5, 5.41) is 9.77. The lowest BCUT2D eigenvalue weighted by Gasteiger charge is -2.32. The van der Waals surface area contributed by atoms with Crippen molar-refractivity contribution >= 4 is 24.0 Å². The topological polar surface area (TPSA) is 83.0 Å². The summed E-state index contributed by atoms with van der Waals surface area (Å²) in [6.07, 6.45) is 2.35. The highest BCUT2D eigenvalue weighted by atomic mass is 32.1. The summed E-state index contributed by atoms with van der Waals surface area (Å²) >= 11 is 5.07. The van der Waals surface area contributed by atoms with Gasteiger partial charge in [-0.15, -0.1) is 0 Å². The number of halogens is 1. The lowest BCUT2D eigenvalue weighted by molar-refractivity contribution is -0.135. The van der Waals surface area contributed by atoms with E-state index in [4.69, 9.17) is 12.2 Å². The van der Waals surface area contributed by atoms with Gasteiger partial charge < -0.3 is 14.8 Å². The minimum Gasteiger partial charge on any atom is -0.355 e. The van der Waals surface area contributed by atoms with E-state index in [0.717, 1.165) is 24.2 Å². The van der Waals surface area contributed by atoms with Crippen molar-refractivity contribution < 1.29 is 14.0 Å². The molecule has 0 radical (unpaired) electrons. The van der Waals surface area contributed by atoms with E-state index in [1.165, 1.54) is 12.1 Å². The van der Waals surface area contributed by atoms with Gasteiger partial charge in [0.15, 0.2) is 4.77 Å². The maximum Gasteiger partial charge on any atom is 0.227 e. The molecule has 150 valence electrons. The lowest BCUT2D eigenvalue weighted by atomic mass is 9.96. The zero-order chi connectivity index (χ0) is 20.1. The van der Waals surface area contributed by atoms with Gasteiger partial charge >= 0.3 is 0 Å². The number of likely N-dealkylation sites (tertiary alicyclic amines) is 1. The predicted octanol–water partition coefficient (Wildman–Crippen LogP) is 1.76. The normalized spacial score (nSPS) is 16.8. The van der Waals surface area contributed by atoms with Gasteiger partial charge in [0, 0.05) is 33.1 Å². The van der Waals surface area contributed by atoms with Crippen LogP contribution in [0.15, 0.2) is 24.3 Å². The smallest absolute Gasteiger partial charge is 0.227 e. The van der Waals surface area contributed by atoms with Crippen molar-refractivity contribution in [3.8, 4) is 0 Å². The first-order valence-corrected chi connectivity index (χ1v) is 9.75. The standard InChI is InChI=1S/C19H24FN5O2S/c1-24-16(22-23-19(24)28)8-9-21-18(27)14-3-2-10-25(12-14)17(26)11-13-4-6-15(20)7-5-13/h4-7,14H,2-3,8-12H2,1H3,(H,21,27)(H,23,28). The van der Waals surface area contributed by atoms with Gasteiger partial charge in [0.2, 0.25) is 11.8 Å². The molecule has 0 spiro atoms. The molecular formula is C19H24FN5O2S. The Morgan fingerprint density at radius 1 is 1.36 bits per heavy atom. The highest BCUT2D eigenvalue weighted by Crippen LogP contribution is 2.18. The first-order valence-electron chi connectivity index (χ1n) is 9.34. The molecule has 0 aliphatic carbocycles. The second kappa shape index (κ2) is 9.09. The van der Waals surface area contributed by atoms with Crippen LogP contribution in [-0.4, -0.2) is 51.1 Å². The van der Waals surface area contributed by atoms with E-state index in [1.54, 1.807) is 21.6 Å². The number of benzene rings is 1. The quantitative estimate of drug-likeness (QED) is 0.718. The van der Waals surface area contributed by atoms with Crippen LogP contribution >= 0.6 is 12.2 Å². The molecule has 2 amide bonds. The fourth-order valence-electron chi connectivity index (χ4n) is 3.35. The number of aromatic nitrogens is 3. The monoisotopic (exact) mass is 405 g/mol. The van der Waals surface area contributed by atoms with Gasteiger partial charge in [-0.3, -0.25) is 14.7 Å². The molecule has 9 heteroatoms. The van der Waals surface area contributed by atoms with Crippen LogP contribution in [0.25, 0.3) is 0 Å². The molecule has 1 unspecified atom stereocenters. The van der Waals surface area contributed by atoms with Crippen molar-refractivity contribution in [3.63, 3.8) is 0 Å². The Morgan fingerprint density at radius 2 is 2.11 bits per heavy atom. The number of amides is 2. The fraction of sp³-hybridized carbons (Fsp3) is 0.474. The minimum atomic E-state index is -0.321. The molecule has 1 aliphatic heterocycles. The van der Waals surface area contributed by atoms with Gasteiger partial charge in [0.1, 0.15) is 11.6 Å². The average molecular weight is 405 g/mol. The molecule has 1 fully saturated rings. The summed E-state index contributed by atoms with van der Waals surface area (Å²) < 4.78 is 15.3. The number of aromatic amines is 1. The van der Waals surface area contributed by atoms with Crippen molar-refractivity contribution in [2.75, 3.05) is 19.6 Å². The molecule has 2 aromatic rings. The van der Waals surface area contributed by atoms with Crippen molar-refractivity contribution in [3.05, 3.63) is 46.2 Å². The molecule has 1 aromatic carbocycles. The highest BCUT2D eigenvalue weighted by Gasteiger charge is 2.28. The average Bonchev–Trinajstić information content (AvgIpc) is 3.02. The third-order valence-corrected chi connectivity index (χ3v) is 5.40. The molecule has 2 N–H and O–H groups in total. The van der Waals surface area contributed by atoms with Gasteiger partial charge in [-0.2, -0.15) is 5.10 Å². The van der Waals surface area contributed by atoms with Gasteiger partial charge in [0.25, 0.3) is 0 Å². The second-order valence-electron chi connectivity index (χ2n) is 7.03. The minimum absolute atomic E-state index is 0.0365. The lowest BCUT2D eigenvalue weighted by Crippen LogP contribution is -2.46. The van der Waals surface area contributed by atoms with E-state index in [1.807, 2.05) is 7.05 Å². The van der Waals surface area contributed by atoms with Crippen LogP contribution in [0.4, 0.5) is 4.39 Å². The highest BCUT2D eigenvalue weighted by molar-refractivity contribution is 7.71. The third-order valence-electron chi connectivity index (χ3n) is 5.03. The molecule has 0 saturated carbocycles. The van der Waals surface area contributed by atoms with Crippen LogP contribution in [0.5, 0.6) is 0 Å². The first kappa shape index (κ1) is 20.2. The number of carbonyl (C=O) groups excluding carboxylic acids is 2. The number of nitrogens with zero attached hydrogens (tertiary/aromatic N) is 3. The number of hydrogen-bond donors (Lipinski definition) is 2. The van der Waals surface area contributed by atoms with Gasteiger partial charge in [-0.25, -0.2) is 4.39 Å². The summed E-state index contributed by atoms with van der Waals surface area (Å²) in [6.45, 7) is 1.53. The zero-order valence-electron chi connectivity index (χ0n) is 15.8. The van der Waals surface area contributed by atoms with Gasteiger partial charge in [0.05, 0.1) is 12.3 Å². The van der Waals surface area contributed by atoms with Crippen LogP contribution in [0.1, 0.15) is 24.2 Å². The van der Waals surface area contributed by atoms with Gasteiger partial charge in [-0.05, 0) is 42.8 Å². The van der Waals surface area contributed by atoms with E-state index in [2.05, 4.69) is 15.5 Å². The second-order valence-corrected chi connectivity index (χ2v) is 7.41. The maximum atomic E-state index is 13.0. The maximum absolute atomic E-state index is 13.0. The van der Waals surface area contributed by atoms with E-state index in [0.29, 0.717) is 30.8 Å². The molecule has 1 atom stereocenters. The van der Waals surface area contributed by atoms with Crippen LogP contribution in [0, 0.1) is 16.5 Å². The molecule has 2 heterocycles. The summed E-state index contributed by atoms with van der Waals surface area (Å²) in [5.41, 5.74) is 0.769. The predicted molar refractivity (Wildman–Crippen MR) is 105 cm³/mol. The Hall–Kier alpha value is -2.55. The summed E-state index contributed by atoms with van der Waals surface area (Å²) in [5.74, 6) is 0.165. The number of piperidine rings is 1.